The van der Waals surface area contributed by atoms with Gasteiger partial charge in [-0.15, -0.1) is 6.42 Å². The molecule has 0 spiro atoms. The van der Waals surface area contributed by atoms with E-state index in [1.54, 1.807) is 0 Å². The number of hydrogen-bond donors (Lipinski definition) is 1. The lowest BCUT2D eigenvalue weighted by molar-refractivity contribution is 0.322. The minimum absolute atomic E-state index is 0.958. The van der Waals surface area contributed by atoms with E-state index in [-0.39, 0.29) is 0 Å². The first-order chi connectivity index (χ1) is 2.41. The summed E-state index contributed by atoms with van der Waals surface area (Å²) in [6.07, 6.45) is 5.54. The van der Waals surface area contributed by atoms with Crippen molar-refractivity contribution in [2.24, 2.45) is 5.16 Å². The second kappa shape index (κ2) is 3.03. The zero-order valence-electron chi connectivity index (χ0n) is 2.55. The van der Waals surface area contributed by atoms with Gasteiger partial charge in [-0.05, 0) is 0 Å². The Hall–Kier alpha value is -0.970. The standard InChI is InChI=1S/C3H3NO/c1-2-3-4-5/h1,3,5H. The minimum Gasteiger partial charge on any atom is -0.410 e. The van der Waals surface area contributed by atoms with Crippen LogP contribution < -0.4 is 0 Å². The largest absolute Gasteiger partial charge is 0.410 e. The van der Waals surface area contributed by atoms with Crippen molar-refractivity contribution in [2.45, 2.75) is 0 Å². The number of terminal acetylenes is 1. The molecule has 0 unspecified atom stereocenters. The molecule has 26 valence electrons. The van der Waals surface area contributed by atoms with Gasteiger partial charge in [0.1, 0.15) is 6.21 Å². The molecule has 0 aromatic rings. The summed E-state index contributed by atoms with van der Waals surface area (Å²) in [6, 6.07) is 0. The Morgan fingerprint density at radius 1 is 2.00 bits per heavy atom. The molecule has 0 atom stereocenters. The lowest BCUT2D eigenvalue weighted by Crippen LogP contribution is -1.55. The maximum Gasteiger partial charge on any atom is 0.116 e. The molecule has 0 heterocycles. The van der Waals surface area contributed by atoms with Crippen LogP contribution in [0.3, 0.4) is 0 Å². The van der Waals surface area contributed by atoms with Crippen LogP contribution >= 0.6 is 0 Å². The molecule has 0 aliphatic carbocycles. The van der Waals surface area contributed by atoms with Crippen LogP contribution in [-0.2, 0) is 0 Å². The summed E-state index contributed by atoms with van der Waals surface area (Å²) in [5, 5.41) is 9.99. The average Bonchev–Trinajstić information content (AvgIpc) is 1.41. The van der Waals surface area contributed by atoms with Gasteiger partial charge in [0.15, 0.2) is 0 Å². The summed E-state index contributed by atoms with van der Waals surface area (Å²) in [5.41, 5.74) is 0. The molecule has 0 saturated carbocycles. The highest BCUT2D eigenvalue weighted by Gasteiger charge is 1.43. The summed E-state index contributed by atoms with van der Waals surface area (Å²) < 4.78 is 0. The van der Waals surface area contributed by atoms with Crippen molar-refractivity contribution in [3.05, 3.63) is 0 Å². The fraction of sp³-hybridized carbons (Fsp3) is 0. The van der Waals surface area contributed by atoms with E-state index in [2.05, 4.69) is 11.6 Å². The molecule has 2 heteroatoms. The van der Waals surface area contributed by atoms with Crippen LogP contribution in [0.25, 0.3) is 0 Å². The van der Waals surface area contributed by atoms with Crippen LogP contribution in [0.15, 0.2) is 5.16 Å². The van der Waals surface area contributed by atoms with Gasteiger partial charge in [-0.1, -0.05) is 11.1 Å². The predicted octanol–water partition coefficient (Wildman–Crippen LogP) is 0.0796. The molecular weight excluding hydrogens is 66.0 g/mol. The number of oxime groups is 1. The monoisotopic (exact) mass is 69.0 g/mol. The Kier molecular flexibility index (Phi) is 2.44. The van der Waals surface area contributed by atoms with Gasteiger partial charge in [0.2, 0.25) is 0 Å². The van der Waals surface area contributed by atoms with Gasteiger partial charge in [-0.2, -0.15) is 0 Å². The number of nitrogens with zero attached hydrogens (tertiary/aromatic N) is 1. The lowest BCUT2D eigenvalue weighted by Gasteiger charge is -1.55. The van der Waals surface area contributed by atoms with Crippen LogP contribution in [0, 0.1) is 12.3 Å². The van der Waals surface area contributed by atoms with Gasteiger partial charge in [0.25, 0.3) is 0 Å². The highest BCUT2D eigenvalue weighted by atomic mass is 16.4. The molecule has 0 amide bonds. The molecule has 0 fully saturated rings. The Balaban J connectivity index is 3.04. The van der Waals surface area contributed by atoms with Crippen LogP contribution in [0.4, 0.5) is 0 Å². The zero-order chi connectivity index (χ0) is 4.12. The van der Waals surface area contributed by atoms with Crippen molar-refractivity contribution in [2.75, 3.05) is 0 Å². The van der Waals surface area contributed by atoms with E-state index in [1.807, 2.05) is 5.92 Å². The second-order valence-electron chi connectivity index (χ2n) is 0.411. The topological polar surface area (TPSA) is 32.6 Å². The van der Waals surface area contributed by atoms with Gasteiger partial charge in [-0.3, -0.25) is 0 Å². The second-order valence-corrected chi connectivity index (χ2v) is 0.411. The molecule has 0 aliphatic rings. The fourth-order valence-corrected chi connectivity index (χ4v) is 0.0333. The van der Waals surface area contributed by atoms with Gasteiger partial charge < -0.3 is 5.21 Å². The molecule has 0 bridgehead atoms. The Morgan fingerprint density at radius 2 is 2.60 bits per heavy atom. The summed E-state index contributed by atoms with van der Waals surface area (Å²) in [6.45, 7) is 0. The van der Waals surface area contributed by atoms with E-state index in [9.17, 15) is 0 Å². The molecule has 0 radical (unpaired) electrons. The van der Waals surface area contributed by atoms with Crippen LogP contribution in [0.1, 0.15) is 0 Å². The third-order valence-electron chi connectivity index (χ3n) is 0.132. The summed E-state index contributed by atoms with van der Waals surface area (Å²) in [5.74, 6) is 1.98. The van der Waals surface area contributed by atoms with Gasteiger partial charge in [-0.25, -0.2) is 0 Å². The maximum absolute atomic E-state index is 7.49. The normalized spacial score (nSPS) is 7.80. The molecule has 5 heavy (non-hydrogen) atoms. The molecule has 0 saturated heterocycles. The average molecular weight is 69.1 g/mol. The van der Waals surface area contributed by atoms with Crippen molar-refractivity contribution in [1.29, 1.82) is 0 Å². The van der Waals surface area contributed by atoms with Crippen LogP contribution in [0.2, 0.25) is 0 Å². The Morgan fingerprint density at radius 3 is 2.60 bits per heavy atom. The molecule has 0 aliphatic heterocycles. The smallest absolute Gasteiger partial charge is 0.116 e. The van der Waals surface area contributed by atoms with Crippen LogP contribution in [-0.4, -0.2) is 11.4 Å². The zero-order valence-corrected chi connectivity index (χ0v) is 2.55. The SMILES string of the molecule is C#CC=NO. The van der Waals surface area contributed by atoms with Gasteiger partial charge >= 0.3 is 0 Å². The third kappa shape index (κ3) is 3.03. The molecule has 0 aromatic heterocycles. The minimum atomic E-state index is 0.958. The van der Waals surface area contributed by atoms with E-state index >= 15 is 0 Å². The Bertz CT molecular complexity index is 69.5. The molecule has 0 rings (SSSR count). The molecule has 0 aromatic carbocycles. The summed E-state index contributed by atoms with van der Waals surface area (Å²) >= 11 is 0. The van der Waals surface area contributed by atoms with E-state index < -0.39 is 0 Å². The van der Waals surface area contributed by atoms with E-state index in [0.717, 1.165) is 6.21 Å². The first kappa shape index (κ1) is 4.03. The first-order valence-corrected chi connectivity index (χ1v) is 1.04. The highest BCUT2D eigenvalue weighted by Crippen LogP contribution is 1.40. The molecule has 1 N–H and O–H groups in total. The highest BCUT2D eigenvalue weighted by molar-refractivity contribution is 5.76. The van der Waals surface area contributed by atoms with Crippen molar-refractivity contribution < 1.29 is 5.21 Å². The van der Waals surface area contributed by atoms with Crippen molar-refractivity contribution in [3.63, 3.8) is 0 Å². The van der Waals surface area contributed by atoms with E-state index in [1.165, 1.54) is 0 Å². The number of rotatable bonds is 0. The van der Waals surface area contributed by atoms with Gasteiger partial charge in [0.05, 0.1) is 0 Å². The molecular formula is C3H3NO. The maximum atomic E-state index is 7.49. The van der Waals surface area contributed by atoms with Gasteiger partial charge in [0, 0.05) is 0 Å². The molecule has 2 nitrogen and oxygen atoms in total. The van der Waals surface area contributed by atoms with Crippen molar-refractivity contribution in [3.8, 4) is 12.3 Å². The predicted molar refractivity (Wildman–Crippen MR) is 19.1 cm³/mol. The number of hydrogen-bond acceptors (Lipinski definition) is 2. The third-order valence-corrected chi connectivity index (χ3v) is 0.132. The van der Waals surface area contributed by atoms with Crippen LogP contribution in [0.5, 0.6) is 0 Å². The quantitative estimate of drug-likeness (QED) is 0.186. The van der Waals surface area contributed by atoms with E-state index in [4.69, 9.17) is 5.21 Å². The first-order valence-electron chi connectivity index (χ1n) is 1.04. The fourth-order valence-electron chi connectivity index (χ4n) is 0.0333. The Labute approximate surface area is 30.1 Å². The van der Waals surface area contributed by atoms with Crippen molar-refractivity contribution >= 4 is 6.21 Å². The summed E-state index contributed by atoms with van der Waals surface area (Å²) in [7, 11) is 0. The van der Waals surface area contributed by atoms with Crippen molar-refractivity contribution in [1.82, 2.24) is 0 Å². The summed E-state index contributed by atoms with van der Waals surface area (Å²) in [4.78, 5) is 0. The lowest BCUT2D eigenvalue weighted by atomic mass is 10.8. The van der Waals surface area contributed by atoms with E-state index in [0.29, 0.717) is 0 Å².